The van der Waals surface area contributed by atoms with Gasteiger partial charge in [0, 0.05) is 18.5 Å². The van der Waals surface area contributed by atoms with Crippen molar-refractivity contribution in [1.82, 2.24) is 10.1 Å². The predicted octanol–water partition coefficient (Wildman–Crippen LogP) is 1.57. The van der Waals surface area contributed by atoms with E-state index in [1.807, 2.05) is 0 Å². The van der Waals surface area contributed by atoms with Crippen molar-refractivity contribution in [2.24, 2.45) is 11.8 Å². The van der Waals surface area contributed by atoms with Crippen LogP contribution < -0.4 is 5.32 Å². The second-order valence-electron chi connectivity index (χ2n) is 5.81. The number of aryl methyl sites for hydroxylation is 1. The summed E-state index contributed by atoms with van der Waals surface area (Å²) in [4.78, 5) is 25.9. The molecule has 108 valence electrons. The lowest BCUT2D eigenvalue weighted by Gasteiger charge is -2.21. The van der Waals surface area contributed by atoms with Crippen LogP contribution >= 0.6 is 0 Å². The summed E-state index contributed by atoms with van der Waals surface area (Å²) < 4.78 is 4.90. The van der Waals surface area contributed by atoms with Crippen LogP contribution in [0.3, 0.4) is 0 Å². The van der Waals surface area contributed by atoms with Gasteiger partial charge in [-0.1, -0.05) is 5.16 Å². The standard InChI is InChI=1S/C14H19N3O3/c1-9-6-12(16-20-9)15-13(18)8-17(7-10-2-3-10)14(19)11-4-5-11/h6,10-11H,2-5,7-8H2,1H3,(H,15,16,18). The molecule has 0 bridgehead atoms. The molecule has 2 aliphatic rings. The lowest BCUT2D eigenvalue weighted by molar-refractivity contribution is -0.136. The molecule has 6 nitrogen and oxygen atoms in total. The summed E-state index contributed by atoms with van der Waals surface area (Å²) in [6, 6.07) is 1.66. The maximum absolute atomic E-state index is 12.2. The summed E-state index contributed by atoms with van der Waals surface area (Å²) in [6.07, 6.45) is 4.26. The maximum Gasteiger partial charge on any atom is 0.245 e. The Kier molecular flexibility index (Phi) is 3.46. The summed E-state index contributed by atoms with van der Waals surface area (Å²) in [5.41, 5.74) is 0. The Balaban J connectivity index is 1.56. The highest BCUT2D eigenvalue weighted by molar-refractivity contribution is 5.94. The third-order valence-electron chi connectivity index (χ3n) is 3.64. The normalized spacial score (nSPS) is 17.9. The first-order valence-corrected chi connectivity index (χ1v) is 7.14. The van der Waals surface area contributed by atoms with Gasteiger partial charge in [0.1, 0.15) is 5.76 Å². The Morgan fingerprint density at radius 2 is 2.15 bits per heavy atom. The van der Waals surface area contributed by atoms with Gasteiger partial charge in [0.05, 0.1) is 6.54 Å². The van der Waals surface area contributed by atoms with Crippen molar-refractivity contribution >= 4 is 17.6 Å². The minimum Gasteiger partial charge on any atom is -0.360 e. The quantitative estimate of drug-likeness (QED) is 0.856. The van der Waals surface area contributed by atoms with E-state index in [9.17, 15) is 9.59 Å². The van der Waals surface area contributed by atoms with Gasteiger partial charge in [-0.05, 0) is 38.5 Å². The molecule has 0 atom stereocenters. The molecule has 0 aromatic carbocycles. The first-order chi connectivity index (χ1) is 9.61. The fourth-order valence-electron chi connectivity index (χ4n) is 2.21. The molecule has 2 amide bonds. The number of carbonyl (C=O) groups is 2. The Bertz CT molecular complexity index is 517. The molecule has 3 rings (SSSR count). The van der Waals surface area contributed by atoms with Crippen molar-refractivity contribution < 1.29 is 14.1 Å². The van der Waals surface area contributed by atoms with Gasteiger partial charge in [0.2, 0.25) is 11.8 Å². The Morgan fingerprint density at radius 3 is 2.70 bits per heavy atom. The van der Waals surface area contributed by atoms with E-state index in [1.54, 1.807) is 17.9 Å². The Hall–Kier alpha value is -1.85. The summed E-state index contributed by atoms with van der Waals surface area (Å²) in [7, 11) is 0. The van der Waals surface area contributed by atoms with Gasteiger partial charge in [-0.25, -0.2) is 0 Å². The van der Waals surface area contributed by atoms with Crippen molar-refractivity contribution in [1.29, 1.82) is 0 Å². The minimum atomic E-state index is -0.215. The lowest BCUT2D eigenvalue weighted by atomic mass is 10.3. The highest BCUT2D eigenvalue weighted by Crippen LogP contribution is 2.34. The zero-order valence-electron chi connectivity index (χ0n) is 11.6. The van der Waals surface area contributed by atoms with Gasteiger partial charge in [0.15, 0.2) is 5.82 Å². The van der Waals surface area contributed by atoms with Crippen molar-refractivity contribution in [2.45, 2.75) is 32.6 Å². The molecule has 2 saturated carbocycles. The van der Waals surface area contributed by atoms with Gasteiger partial charge >= 0.3 is 0 Å². The summed E-state index contributed by atoms with van der Waals surface area (Å²) >= 11 is 0. The van der Waals surface area contributed by atoms with Crippen LogP contribution in [-0.4, -0.2) is 35.0 Å². The summed E-state index contributed by atoms with van der Waals surface area (Å²) in [5, 5.41) is 6.38. The minimum absolute atomic E-state index is 0.109. The van der Waals surface area contributed by atoms with Crippen molar-refractivity contribution in [3.63, 3.8) is 0 Å². The van der Waals surface area contributed by atoms with E-state index in [2.05, 4.69) is 10.5 Å². The first kappa shape index (κ1) is 13.1. The lowest BCUT2D eigenvalue weighted by Crippen LogP contribution is -2.40. The largest absolute Gasteiger partial charge is 0.360 e. The van der Waals surface area contributed by atoms with Crippen LogP contribution in [0.4, 0.5) is 5.82 Å². The topological polar surface area (TPSA) is 75.4 Å². The van der Waals surface area contributed by atoms with Gasteiger partial charge in [-0.3, -0.25) is 9.59 Å². The fourth-order valence-corrected chi connectivity index (χ4v) is 2.21. The zero-order chi connectivity index (χ0) is 14.1. The predicted molar refractivity (Wildman–Crippen MR) is 71.9 cm³/mol. The average molecular weight is 277 g/mol. The molecule has 2 aliphatic carbocycles. The molecule has 0 saturated heterocycles. The molecule has 1 aromatic rings. The number of carbonyl (C=O) groups excluding carboxylic acids is 2. The maximum atomic E-state index is 12.2. The number of nitrogens with zero attached hydrogens (tertiary/aromatic N) is 2. The number of amides is 2. The molecule has 6 heteroatoms. The van der Waals surface area contributed by atoms with Gasteiger partial charge in [-0.2, -0.15) is 0 Å². The van der Waals surface area contributed by atoms with Crippen LogP contribution in [-0.2, 0) is 9.59 Å². The molecule has 1 aromatic heterocycles. The van der Waals surface area contributed by atoms with Crippen molar-refractivity contribution in [3.8, 4) is 0 Å². The number of nitrogens with one attached hydrogen (secondary N) is 1. The highest BCUT2D eigenvalue weighted by atomic mass is 16.5. The van der Waals surface area contributed by atoms with Crippen molar-refractivity contribution in [3.05, 3.63) is 11.8 Å². The molecule has 1 heterocycles. The molecular formula is C14H19N3O3. The second-order valence-corrected chi connectivity index (χ2v) is 5.81. The summed E-state index contributed by atoms with van der Waals surface area (Å²) in [6.45, 7) is 2.58. The van der Waals surface area contributed by atoms with E-state index < -0.39 is 0 Å². The fraction of sp³-hybridized carbons (Fsp3) is 0.643. The van der Waals surface area contributed by atoms with Crippen LogP contribution in [0.15, 0.2) is 10.6 Å². The molecule has 2 fully saturated rings. The van der Waals surface area contributed by atoms with Gasteiger partial charge in [0.25, 0.3) is 0 Å². The van der Waals surface area contributed by atoms with Crippen LogP contribution in [0.2, 0.25) is 0 Å². The van der Waals surface area contributed by atoms with E-state index >= 15 is 0 Å². The van der Waals surface area contributed by atoms with Crippen molar-refractivity contribution in [2.75, 3.05) is 18.4 Å². The number of aromatic nitrogens is 1. The first-order valence-electron chi connectivity index (χ1n) is 7.14. The smallest absolute Gasteiger partial charge is 0.245 e. The van der Waals surface area contributed by atoms with E-state index in [4.69, 9.17) is 4.52 Å². The van der Waals surface area contributed by atoms with Crippen LogP contribution in [0.1, 0.15) is 31.4 Å². The van der Waals surface area contributed by atoms with Crippen LogP contribution in [0, 0.1) is 18.8 Å². The molecule has 20 heavy (non-hydrogen) atoms. The third-order valence-corrected chi connectivity index (χ3v) is 3.64. The SMILES string of the molecule is Cc1cc(NC(=O)CN(CC2CC2)C(=O)C2CC2)no1. The monoisotopic (exact) mass is 277 g/mol. The third kappa shape index (κ3) is 3.37. The van der Waals surface area contributed by atoms with E-state index in [1.165, 1.54) is 12.8 Å². The molecule has 0 aliphatic heterocycles. The second kappa shape index (κ2) is 5.26. The number of hydrogen-bond donors (Lipinski definition) is 1. The molecule has 0 spiro atoms. The molecular weight excluding hydrogens is 258 g/mol. The molecule has 1 N–H and O–H groups in total. The van der Waals surface area contributed by atoms with Crippen LogP contribution in [0.5, 0.6) is 0 Å². The Labute approximate surface area is 117 Å². The van der Waals surface area contributed by atoms with E-state index in [0.717, 1.165) is 12.8 Å². The summed E-state index contributed by atoms with van der Waals surface area (Å²) in [5.74, 6) is 1.69. The van der Waals surface area contributed by atoms with Gasteiger partial charge < -0.3 is 14.7 Å². The van der Waals surface area contributed by atoms with Gasteiger partial charge in [-0.15, -0.1) is 0 Å². The Morgan fingerprint density at radius 1 is 1.40 bits per heavy atom. The number of anilines is 1. The molecule has 0 unspecified atom stereocenters. The van der Waals surface area contributed by atoms with E-state index in [0.29, 0.717) is 24.0 Å². The number of rotatable bonds is 6. The zero-order valence-corrected chi connectivity index (χ0v) is 11.6. The average Bonchev–Trinajstić information content (AvgIpc) is 3.29. The number of hydrogen-bond acceptors (Lipinski definition) is 4. The van der Waals surface area contributed by atoms with E-state index in [-0.39, 0.29) is 24.3 Å². The highest BCUT2D eigenvalue weighted by Gasteiger charge is 2.36. The molecule has 0 radical (unpaired) electrons. The van der Waals surface area contributed by atoms with Crippen LogP contribution in [0.25, 0.3) is 0 Å².